The highest BCUT2D eigenvalue weighted by atomic mass is 16.5. The number of likely N-dealkylation sites (N-methyl/N-ethyl adjacent to an activating group) is 1. The van der Waals surface area contributed by atoms with Crippen LogP contribution in [-0.2, 0) is 4.74 Å². The normalized spacial score (nSPS) is 48.0. The van der Waals surface area contributed by atoms with Gasteiger partial charge in [-0.15, -0.1) is 0 Å². The van der Waals surface area contributed by atoms with Gasteiger partial charge in [0, 0.05) is 6.04 Å². The van der Waals surface area contributed by atoms with Crippen LogP contribution in [0.3, 0.4) is 0 Å². The number of hydrogen-bond donors (Lipinski definition) is 1. The highest BCUT2D eigenvalue weighted by Gasteiger charge is 2.61. The van der Waals surface area contributed by atoms with E-state index in [2.05, 4.69) is 40.1 Å². The van der Waals surface area contributed by atoms with Crippen molar-refractivity contribution in [2.24, 2.45) is 22.2 Å². The van der Waals surface area contributed by atoms with Gasteiger partial charge in [0.2, 0.25) is 0 Å². The Labute approximate surface area is 125 Å². The topological polar surface area (TPSA) is 21.3 Å². The maximum atomic E-state index is 5.99. The smallest absolute Gasteiger partial charge is 0.0628 e. The van der Waals surface area contributed by atoms with Gasteiger partial charge in [-0.05, 0) is 81.6 Å². The van der Waals surface area contributed by atoms with Crippen molar-refractivity contribution in [2.45, 2.75) is 78.4 Å². The first-order chi connectivity index (χ1) is 9.28. The summed E-state index contributed by atoms with van der Waals surface area (Å²) in [6, 6.07) is 0.534. The summed E-state index contributed by atoms with van der Waals surface area (Å²) in [6.45, 7) is 10.3. The van der Waals surface area contributed by atoms with E-state index in [1.807, 2.05) is 0 Å². The van der Waals surface area contributed by atoms with Gasteiger partial charge in [0.25, 0.3) is 0 Å². The molecule has 1 N–H and O–H groups in total. The Hall–Kier alpha value is -0.0800. The Morgan fingerprint density at radius 2 is 1.65 bits per heavy atom. The zero-order chi connectivity index (χ0) is 14.6. The van der Waals surface area contributed by atoms with Crippen LogP contribution in [0.2, 0.25) is 0 Å². The highest BCUT2D eigenvalue weighted by Crippen LogP contribution is 2.70. The standard InChI is InChI=1S/C18H33NO/c1-13(2)20-9-15(19-5)18-8-14-6-16(3,11-18)10-17(4,7-14)12-18/h13-15,19H,6-12H2,1-5H3. The van der Waals surface area contributed by atoms with Crippen molar-refractivity contribution in [1.29, 1.82) is 0 Å². The summed E-state index contributed by atoms with van der Waals surface area (Å²) in [5.41, 5.74) is 1.69. The van der Waals surface area contributed by atoms with Crippen LogP contribution in [0, 0.1) is 22.2 Å². The van der Waals surface area contributed by atoms with E-state index >= 15 is 0 Å². The summed E-state index contributed by atoms with van der Waals surface area (Å²) in [6.07, 6.45) is 9.02. The summed E-state index contributed by atoms with van der Waals surface area (Å²) in [4.78, 5) is 0. The molecule has 0 aromatic carbocycles. The molecule has 0 amide bonds. The van der Waals surface area contributed by atoms with Gasteiger partial charge in [-0.1, -0.05) is 13.8 Å². The molecule has 0 saturated heterocycles. The second kappa shape index (κ2) is 4.71. The molecule has 4 rings (SSSR count). The van der Waals surface area contributed by atoms with Gasteiger partial charge in [-0.25, -0.2) is 0 Å². The molecule has 2 heteroatoms. The summed E-state index contributed by atoms with van der Waals surface area (Å²) in [5, 5.41) is 3.62. The Kier molecular flexibility index (Phi) is 3.49. The molecule has 3 unspecified atom stereocenters. The first-order valence-electron chi connectivity index (χ1n) is 8.57. The quantitative estimate of drug-likeness (QED) is 0.821. The SMILES string of the molecule is CNC(COC(C)C)C12CC3CC(C)(CC(C)(C3)C1)C2. The van der Waals surface area contributed by atoms with Gasteiger partial charge in [0.15, 0.2) is 0 Å². The lowest BCUT2D eigenvalue weighted by atomic mass is 9.39. The fraction of sp³-hybridized carbons (Fsp3) is 1.00. The molecule has 3 atom stereocenters. The molecule has 20 heavy (non-hydrogen) atoms. The molecule has 0 aromatic heterocycles. The lowest BCUT2D eigenvalue weighted by Gasteiger charge is -2.67. The largest absolute Gasteiger partial charge is 0.377 e. The average molecular weight is 279 g/mol. The van der Waals surface area contributed by atoms with Crippen molar-refractivity contribution in [3.63, 3.8) is 0 Å². The van der Waals surface area contributed by atoms with E-state index in [4.69, 9.17) is 4.74 Å². The third-order valence-electron chi connectivity index (χ3n) is 6.35. The van der Waals surface area contributed by atoms with Crippen LogP contribution in [0.25, 0.3) is 0 Å². The van der Waals surface area contributed by atoms with Gasteiger partial charge in [-0.3, -0.25) is 0 Å². The predicted octanol–water partition coefficient (Wildman–Crippen LogP) is 4.00. The maximum absolute atomic E-state index is 5.99. The van der Waals surface area contributed by atoms with Gasteiger partial charge in [0.1, 0.15) is 0 Å². The summed E-state index contributed by atoms with van der Waals surface area (Å²) in [7, 11) is 2.14. The van der Waals surface area contributed by atoms with Crippen molar-refractivity contribution in [3.05, 3.63) is 0 Å². The van der Waals surface area contributed by atoms with Crippen LogP contribution in [-0.4, -0.2) is 25.8 Å². The molecule has 4 bridgehead atoms. The average Bonchev–Trinajstić information content (AvgIpc) is 2.23. The number of ether oxygens (including phenoxy) is 1. The number of rotatable bonds is 5. The van der Waals surface area contributed by atoms with Crippen molar-refractivity contribution in [3.8, 4) is 0 Å². The Balaban J connectivity index is 1.83. The monoisotopic (exact) mass is 279 g/mol. The van der Waals surface area contributed by atoms with Crippen LogP contribution in [0.4, 0.5) is 0 Å². The molecule has 0 spiro atoms. The van der Waals surface area contributed by atoms with Crippen molar-refractivity contribution >= 4 is 0 Å². The molecule has 0 aliphatic heterocycles. The molecule has 4 saturated carbocycles. The molecule has 116 valence electrons. The first-order valence-corrected chi connectivity index (χ1v) is 8.57. The van der Waals surface area contributed by atoms with Gasteiger partial charge >= 0.3 is 0 Å². The van der Waals surface area contributed by atoms with E-state index in [0.717, 1.165) is 12.5 Å². The molecule has 4 aliphatic rings. The molecular formula is C18H33NO. The van der Waals surface area contributed by atoms with E-state index in [-0.39, 0.29) is 0 Å². The van der Waals surface area contributed by atoms with E-state index in [9.17, 15) is 0 Å². The predicted molar refractivity (Wildman–Crippen MR) is 83.8 cm³/mol. The minimum Gasteiger partial charge on any atom is -0.377 e. The minimum absolute atomic E-state index is 0.339. The Morgan fingerprint density at radius 3 is 2.10 bits per heavy atom. The fourth-order valence-corrected chi connectivity index (χ4v) is 6.78. The zero-order valence-corrected chi connectivity index (χ0v) is 14.1. The third-order valence-corrected chi connectivity index (χ3v) is 6.35. The lowest BCUT2D eigenvalue weighted by molar-refractivity contribution is -0.165. The second-order valence-corrected chi connectivity index (χ2v) is 9.22. The zero-order valence-electron chi connectivity index (χ0n) is 14.1. The van der Waals surface area contributed by atoms with Crippen LogP contribution in [0.1, 0.15) is 66.2 Å². The molecular weight excluding hydrogens is 246 g/mol. The van der Waals surface area contributed by atoms with Crippen LogP contribution in [0.5, 0.6) is 0 Å². The van der Waals surface area contributed by atoms with Gasteiger partial charge in [0.05, 0.1) is 12.7 Å². The minimum atomic E-state index is 0.339. The summed E-state index contributed by atoms with van der Waals surface area (Å²) >= 11 is 0. The van der Waals surface area contributed by atoms with Crippen molar-refractivity contribution in [1.82, 2.24) is 5.32 Å². The number of hydrogen-bond acceptors (Lipinski definition) is 2. The molecule has 0 aromatic rings. The molecule has 0 radical (unpaired) electrons. The maximum Gasteiger partial charge on any atom is 0.0628 e. The third kappa shape index (κ3) is 2.43. The van der Waals surface area contributed by atoms with Crippen LogP contribution < -0.4 is 5.32 Å². The van der Waals surface area contributed by atoms with Crippen molar-refractivity contribution in [2.75, 3.05) is 13.7 Å². The Bertz CT molecular complexity index is 360. The van der Waals surface area contributed by atoms with E-state index in [1.165, 1.54) is 38.5 Å². The van der Waals surface area contributed by atoms with Crippen LogP contribution in [0.15, 0.2) is 0 Å². The van der Waals surface area contributed by atoms with E-state index in [0.29, 0.717) is 28.4 Å². The number of nitrogens with one attached hydrogen (secondary N) is 1. The summed E-state index contributed by atoms with van der Waals surface area (Å²) < 4.78 is 5.99. The summed E-state index contributed by atoms with van der Waals surface area (Å²) in [5.74, 6) is 0.969. The van der Waals surface area contributed by atoms with Crippen molar-refractivity contribution < 1.29 is 4.74 Å². The van der Waals surface area contributed by atoms with E-state index in [1.54, 1.807) is 0 Å². The van der Waals surface area contributed by atoms with E-state index < -0.39 is 0 Å². The molecule has 4 aliphatic carbocycles. The molecule has 4 fully saturated rings. The fourth-order valence-electron chi connectivity index (χ4n) is 6.78. The lowest BCUT2D eigenvalue weighted by Crippen LogP contribution is -2.62. The second-order valence-electron chi connectivity index (χ2n) is 9.22. The molecule has 2 nitrogen and oxygen atoms in total. The van der Waals surface area contributed by atoms with Crippen LogP contribution >= 0.6 is 0 Å². The van der Waals surface area contributed by atoms with Gasteiger partial charge < -0.3 is 10.1 Å². The first kappa shape index (κ1) is 14.8. The van der Waals surface area contributed by atoms with Gasteiger partial charge in [-0.2, -0.15) is 0 Å². The highest BCUT2D eigenvalue weighted by molar-refractivity contribution is 5.13. The molecule has 0 heterocycles. The Morgan fingerprint density at radius 1 is 1.05 bits per heavy atom.